The van der Waals surface area contributed by atoms with Crippen LogP contribution < -0.4 is 0 Å². The van der Waals surface area contributed by atoms with Gasteiger partial charge in [0.1, 0.15) is 0 Å². The summed E-state index contributed by atoms with van der Waals surface area (Å²) in [7, 11) is -0.108. The van der Waals surface area contributed by atoms with Crippen molar-refractivity contribution in [3.63, 3.8) is 0 Å². The molecule has 1 nitrogen and oxygen atoms in total. The molecule has 0 bridgehead atoms. The summed E-state index contributed by atoms with van der Waals surface area (Å²) in [5.74, 6) is 0. The fourth-order valence-electron chi connectivity index (χ4n) is 2.22. The molecule has 0 fully saturated rings. The van der Waals surface area contributed by atoms with Crippen LogP contribution in [0.5, 0.6) is 0 Å². The van der Waals surface area contributed by atoms with Crippen LogP contribution in [0.1, 0.15) is 91.4 Å². The minimum atomic E-state index is -0.108. The van der Waals surface area contributed by atoms with E-state index in [1.54, 1.807) is 0 Å². The fraction of sp³-hybridized carbons (Fsp3) is 1.00. The molecule has 19 heavy (non-hydrogen) atoms. The molecule has 0 saturated heterocycles. The topological polar surface area (TPSA) is 9.23 Å². The van der Waals surface area contributed by atoms with Gasteiger partial charge >= 0.3 is 0 Å². The Labute approximate surface area is 123 Å². The molecular formula is C17H37OP. The van der Waals surface area contributed by atoms with Gasteiger partial charge in [0.25, 0.3) is 0 Å². The molecule has 0 heterocycles. The Morgan fingerprint density at radius 2 is 1.05 bits per heavy atom. The molecule has 0 aliphatic rings. The predicted octanol–water partition coefficient (Wildman–Crippen LogP) is 6.75. The Morgan fingerprint density at radius 3 is 1.58 bits per heavy atom. The van der Waals surface area contributed by atoms with E-state index in [4.69, 9.17) is 4.52 Å². The molecule has 0 aliphatic carbocycles. The van der Waals surface area contributed by atoms with E-state index in [1.165, 1.54) is 83.0 Å². The van der Waals surface area contributed by atoms with Crippen LogP contribution in [0.3, 0.4) is 0 Å². The second-order valence-corrected chi connectivity index (χ2v) is 7.71. The largest absolute Gasteiger partial charge is 0.359 e. The molecule has 0 saturated carbocycles. The second kappa shape index (κ2) is 16.4. The quantitative estimate of drug-likeness (QED) is 0.239. The van der Waals surface area contributed by atoms with Crippen molar-refractivity contribution >= 4 is 8.15 Å². The van der Waals surface area contributed by atoms with Crippen LogP contribution in [0.4, 0.5) is 0 Å². The van der Waals surface area contributed by atoms with Crippen molar-refractivity contribution in [3.05, 3.63) is 0 Å². The summed E-state index contributed by atoms with van der Waals surface area (Å²) in [6.45, 7) is 7.87. The van der Waals surface area contributed by atoms with E-state index < -0.39 is 0 Å². The molecule has 0 spiro atoms. The minimum absolute atomic E-state index is 0.108. The van der Waals surface area contributed by atoms with E-state index in [9.17, 15) is 0 Å². The maximum atomic E-state index is 6.18. The molecular weight excluding hydrogens is 251 g/mol. The van der Waals surface area contributed by atoms with Crippen molar-refractivity contribution in [2.45, 2.75) is 91.4 Å². The molecule has 0 aromatic heterocycles. The number of hydrogen-bond acceptors (Lipinski definition) is 1. The molecule has 0 amide bonds. The van der Waals surface area contributed by atoms with Gasteiger partial charge in [0.2, 0.25) is 0 Å². The van der Waals surface area contributed by atoms with E-state index in [0.29, 0.717) is 0 Å². The Hall–Kier alpha value is 0.390. The van der Waals surface area contributed by atoms with E-state index in [-0.39, 0.29) is 8.15 Å². The minimum Gasteiger partial charge on any atom is -0.359 e. The Morgan fingerprint density at radius 1 is 0.579 bits per heavy atom. The smallest absolute Gasteiger partial charge is 0.0508 e. The summed E-state index contributed by atoms with van der Waals surface area (Å²) < 4.78 is 6.18. The highest BCUT2D eigenvalue weighted by atomic mass is 31.1. The maximum Gasteiger partial charge on any atom is 0.0508 e. The molecule has 0 unspecified atom stereocenters. The normalized spacial score (nSPS) is 11.4. The first-order valence-corrected chi connectivity index (χ1v) is 10.4. The van der Waals surface area contributed by atoms with Crippen molar-refractivity contribution in [2.75, 3.05) is 18.9 Å². The van der Waals surface area contributed by atoms with E-state index in [1.807, 2.05) is 0 Å². The van der Waals surface area contributed by atoms with Crippen LogP contribution >= 0.6 is 8.15 Å². The predicted molar refractivity (Wildman–Crippen MR) is 90.4 cm³/mol. The van der Waals surface area contributed by atoms with E-state index in [2.05, 4.69) is 20.8 Å². The van der Waals surface area contributed by atoms with Crippen LogP contribution in [0, 0.1) is 0 Å². The Kier molecular flexibility index (Phi) is 16.8. The zero-order chi connectivity index (χ0) is 14.2. The first-order chi connectivity index (χ1) is 9.35. The van der Waals surface area contributed by atoms with Gasteiger partial charge in [-0.15, -0.1) is 0 Å². The van der Waals surface area contributed by atoms with E-state index >= 15 is 0 Å². The van der Waals surface area contributed by atoms with Gasteiger partial charge in [-0.3, -0.25) is 0 Å². The van der Waals surface area contributed by atoms with Crippen LogP contribution in [0.25, 0.3) is 0 Å². The summed E-state index contributed by atoms with van der Waals surface area (Å²) in [6, 6.07) is 0. The van der Waals surface area contributed by atoms with Crippen molar-refractivity contribution in [1.82, 2.24) is 0 Å². The molecule has 2 heteroatoms. The standard InChI is InChI=1S/C17H37OP/c1-4-7-10-11-12-15-18-19(16-13-8-5-2)17-14-9-6-3/h4-17H2,1-3H3. The first-order valence-electron chi connectivity index (χ1n) is 8.73. The molecule has 0 atom stereocenters. The summed E-state index contributed by atoms with van der Waals surface area (Å²) in [5.41, 5.74) is 0. The van der Waals surface area contributed by atoms with Crippen LogP contribution in [-0.2, 0) is 4.52 Å². The molecule has 0 aromatic rings. The van der Waals surface area contributed by atoms with Crippen molar-refractivity contribution < 1.29 is 4.52 Å². The van der Waals surface area contributed by atoms with Gasteiger partial charge < -0.3 is 4.52 Å². The van der Waals surface area contributed by atoms with Gasteiger partial charge in [0.05, 0.1) is 6.61 Å². The molecule has 0 N–H and O–H groups in total. The Balaban J connectivity index is 3.58. The number of hydrogen-bond donors (Lipinski definition) is 0. The lowest BCUT2D eigenvalue weighted by atomic mass is 10.2. The summed E-state index contributed by atoms with van der Waals surface area (Å²) >= 11 is 0. The Bertz CT molecular complexity index is 151. The molecule has 0 aromatic carbocycles. The maximum absolute atomic E-state index is 6.18. The highest BCUT2D eigenvalue weighted by molar-refractivity contribution is 7.52. The van der Waals surface area contributed by atoms with Gasteiger partial charge in [0.15, 0.2) is 0 Å². The zero-order valence-corrected chi connectivity index (χ0v) is 14.6. The van der Waals surface area contributed by atoms with Gasteiger partial charge in [-0.25, -0.2) is 0 Å². The van der Waals surface area contributed by atoms with Gasteiger partial charge in [-0.1, -0.05) is 72.1 Å². The molecule has 0 aliphatic heterocycles. The lowest BCUT2D eigenvalue weighted by molar-refractivity contribution is 0.334. The van der Waals surface area contributed by atoms with Crippen LogP contribution in [0.15, 0.2) is 0 Å². The average molecular weight is 288 g/mol. The van der Waals surface area contributed by atoms with E-state index in [0.717, 1.165) is 6.61 Å². The SMILES string of the molecule is CCCCCCCOP(CCCCC)CCCCC. The lowest BCUT2D eigenvalue weighted by Gasteiger charge is -2.17. The molecule has 0 radical (unpaired) electrons. The second-order valence-electron chi connectivity index (χ2n) is 5.59. The summed E-state index contributed by atoms with van der Waals surface area (Å²) in [4.78, 5) is 0. The van der Waals surface area contributed by atoms with Crippen LogP contribution in [0.2, 0.25) is 0 Å². The van der Waals surface area contributed by atoms with Gasteiger partial charge in [-0.05, 0) is 31.6 Å². The number of rotatable bonds is 15. The fourth-order valence-corrected chi connectivity index (χ4v) is 4.24. The third-order valence-corrected chi connectivity index (χ3v) is 5.72. The highest BCUT2D eigenvalue weighted by Gasteiger charge is 2.08. The van der Waals surface area contributed by atoms with Crippen molar-refractivity contribution in [2.24, 2.45) is 0 Å². The average Bonchev–Trinajstić information content (AvgIpc) is 2.42. The monoisotopic (exact) mass is 288 g/mol. The molecule has 0 rings (SSSR count). The summed E-state index contributed by atoms with van der Waals surface area (Å²) in [6.07, 6.45) is 17.6. The third kappa shape index (κ3) is 14.6. The third-order valence-electron chi connectivity index (χ3n) is 3.54. The zero-order valence-electron chi connectivity index (χ0n) is 13.8. The van der Waals surface area contributed by atoms with Gasteiger partial charge in [0, 0.05) is 8.15 Å². The molecule has 116 valence electrons. The summed E-state index contributed by atoms with van der Waals surface area (Å²) in [5, 5.41) is 0. The van der Waals surface area contributed by atoms with Crippen molar-refractivity contribution in [3.8, 4) is 0 Å². The van der Waals surface area contributed by atoms with Gasteiger partial charge in [-0.2, -0.15) is 0 Å². The first kappa shape index (κ1) is 19.4. The van der Waals surface area contributed by atoms with Crippen molar-refractivity contribution in [1.29, 1.82) is 0 Å². The highest BCUT2D eigenvalue weighted by Crippen LogP contribution is 2.39. The van der Waals surface area contributed by atoms with Crippen LogP contribution in [-0.4, -0.2) is 18.9 Å². The number of unbranched alkanes of at least 4 members (excludes halogenated alkanes) is 8. The lowest BCUT2D eigenvalue weighted by Crippen LogP contribution is -1.98.